The van der Waals surface area contributed by atoms with Crippen LogP contribution in [-0.4, -0.2) is 29.7 Å². The van der Waals surface area contributed by atoms with E-state index in [0.717, 1.165) is 0 Å². The van der Waals surface area contributed by atoms with Gasteiger partial charge in [0.15, 0.2) is 0 Å². The van der Waals surface area contributed by atoms with Crippen LogP contribution in [0.1, 0.15) is 29.8 Å². The zero-order valence-corrected chi connectivity index (χ0v) is 18.6. The summed E-state index contributed by atoms with van der Waals surface area (Å²) in [6.45, 7) is 3.37. The molecule has 0 heterocycles. The summed E-state index contributed by atoms with van der Waals surface area (Å²) in [5.41, 5.74) is 1.13. The Balaban J connectivity index is 3.38. The van der Waals surface area contributed by atoms with Gasteiger partial charge in [-0.3, -0.25) is 4.79 Å². The first kappa shape index (κ1) is 20.7. The Morgan fingerprint density at radius 1 is 1.13 bits per heavy atom. The van der Waals surface area contributed by atoms with E-state index < -0.39 is 12.1 Å². The molecule has 0 unspecified atom stereocenters. The van der Waals surface area contributed by atoms with Gasteiger partial charge in [0, 0.05) is 26.2 Å². The molecule has 1 rings (SSSR count). The second-order valence-electron chi connectivity index (χ2n) is 4.23. The first-order chi connectivity index (χ1) is 10.7. The van der Waals surface area contributed by atoms with E-state index in [2.05, 4.69) is 10.6 Å². The molecule has 0 aromatic heterocycles. The van der Waals surface area contributed by atoms with Crippen LogP contribution in [0.2, 0.25) is 0 Å². The topological polar surface area (TPSA) is 105 Å². The fraction of sp³-hybridized carbons (Fsp3) is 0.308. The minimum Gasteiger partial charge on any atom is -0.478 e. The van der Waals surface area contributed by atoms with Crippen LogP contribution in [0.4, 0.5) is 10.5 Å². The lowest BCUT2D eigenvalue weighted by atomic mass is 10.1. The van der Waals surface area contributed by atoms with Crippen molar-refractivity contribution in [3.8, 4) is 0 Å². The minimum atomic E-state index is -1.10. The summed E-state index contributed by atoms with van der Waals surface area (Å²) in [5.74, 6) is -1.40. The van der Waals surface area contributed by atoms with E-state index >= 15 is 0 Å². The summed E-state index contributed by atoms with van der Waals surface area (Å²) in [5, 5.41) is 14.7. The number of carbonyl (C=O) groups is 3. The van der Waals surface area contributed by atoms with Crippen LogP contribution in [0.3, 0.4) is 0 Å². The highest BCUT2D eigenvalue weighted by molar-refractivity contribution is 14.1. The number of anilines is 1. The number of carbonyl (C=O) groups excluding carboxylic acids is 2. The van der Waals surface area contributed by atoms with Crippen molar-refractivity contribution in [1.29, 1.82) is 0 Å². The molecule has 10 heteroatoms. The zero-order valence-electron chi connectivity index (χ0n) is 12.1. The van der Waals surface area contributed by atoms with Gasteiger partial charge in [-0.05, 0) is 74.7 Å². The maximum atomic E-state index is 11.5. The van der Waals surface area contributed by atoms with Crippen LogP contribution in [-0.2, 0) is 16.1 Å². The summed E-state index contributed by atoms with van der Waals surface area (Å²) in [6.07, 6.45) is -0.587. The first-order valence-electron chi connectivity index (χ1n) is 6.31. The van der Waals surface area contributed by atoms with Crippen LogP contribution in [0.5, 0.6) is 0 Å². The van der Waals surface area contributed by atoms with E-state index in [4.69, 9.17) is 4.74 Å². The summed E-state index contributed by atoms with van der Waals surface area (Å²) in [4.78, 5) is 34.4. The second-order valence-corrected chi connectivity index (χ2v) is 7.47. The number of amides is 2. The molecule has 0 saturated carbocycles. The van der Waals surface area contributed by atoms with E-state index in [0.29, 0.717) is 22.0 Å². The molecule has 0 aliphatic heterocycles. The third-order valence-electron chi connectivity index (χ3n) is 2.61. The van der Waals surface area contributed by atoms with E-state index in [1.807, 2.05) is 67.8 Å². The molecule has 0 saturated heterocycles. The van der Waals surface area contributed by atoms with Crippen molar-refractivity contribution in [1.82, 2.24) is 5.32 Å². The molecule has 0 spiro atoms. The average Bonchev–Trinajstić information content (AvgIpc) is 2.43. The van der Waals surface area contributed by atoms with Crippen molar-refractivity contribution in [3.05, 3.63) is 21.8 Å². The molecular weight excluding hydrogens is 645 g/mol. The van der Waals surface area contributed by atoms with Gasteiger partial charge in [0.05, 0.1) is 21.4 Å². The number of aromatic carboxylic acids is 1. The molecule has 0 bridgehead atoms. The number of hydrogen-bond donors (Lipinski definition) is 3. The minimum absolute atomic E-state index is 0.0935. The predicted octanol–water partition coefficient (Wildman–Crippen LogP) is 3.40. The number of ether oxygens (including phenoxy) is 1. The molecule has 7 nitrogen and oxygen atoms in total. The molecule has 2 amide bonds. The Hall–Kier alpha value is -0.380. The number of nitrogens with one attached hydrogen (secondary N) is 2. The van der Waals surface area contributed by atoms with Gasteiger partial charge in [-0.25, -0.2) is 9.59 Å². The van der Waals surface area contributed by atoms with Crippen molar-refractivity contribution < 1.29 is 24.2 Å². The Morgan fingerprint density at radius 3 is 2.22 bits per heavy atom. The van der Waals surface area contributed by atoms with Gasteiger partial charge in [-0.2, -0.15) is 0 Å². The molecule has 1 aromatic carbocycles. The predicted molar refractivity (Wildman–Crippen MR) is 110 cm³/mol. The number of carboxylic acids is 1. The van der Waals surface area contributed by atoms with Gasteiger partial charge in [0.1, 0.15) is 0 Å². The number of rotatable bonds is 5. The molecule has 0 atom stereocenters. The molecule has 0 aliphatic carbocycles. The van der Waals surface area contributed by atoms with Gasteiger partial charge in [0.25, 0.3) is 0 Å². The maximum Gasteiger partial charge on any atom is 0.407 e. The lowest BCUT2D eigenvalue weighted by molar-refractivity contribution is -0.114. The van der Waals surface area contributed by atoms with Crippen LogP contribution < -0.4 is 10.6 Å². The molecule has 126 valence electrons. The fourth-order valence-electron chi connectivity index (χ4n) is 1.69. The van der Waals surface area contributed by atoms with Gasteiger partial charge < -0.3 is 20.5 Å². The Labute approximate surface area is 173 Å². The van der Waals surface area contributed by atoms with Crippen LogP contribution in [0, 0.1) is 10.7 Å². The number of halogens is 3. The monoisotopic (exact) mass is 658 g/mol. The molecular formula is C13H13I3N2O5. The van der Waals surface area contributed by atoms with Gasteiger partial charge in [-0.1, -0.05) is 0 Å². The third kappa shape index (κ3) is 5.30. The van der Waals surface area contributed by atoms with Crippen LogP contribution >= 0.6 is 67.8 Å². The van der Waals surface area contributed by atoms with Gasteiger partial charge >= 0.3 is 12.1 Å². The standard InChI is InChI=1S/C13H13I3N2O5/c1-3-23-13(22)17-4-6-8(14)7(12(20)21)10(16)11(9(6)15)18-5(2)19/h3-4H2,1-2H3,(H,17,22)(H,18,19)(H,20,21). The normalized spacial score (nSPS) is 10.1. The Bertz CT molecular complexity index is 664. The second kappa shape index (κ2) is 9.19. The lowest BCUT2D eigenvalue weighted by Crippen LogP contribution is -2.26. The number of alkyl carbamates (subject to hydrolysis) is 1. The van der Waals surface area contributed by atoms with Crippen molar-refractivity contribution >= 4 is 91.4 Å². The average molecular weight is 658 g/mol. The molecule has 0 radical (unpaired) electrons. The zero-order chi connectivity index (χ0) is 17.7. The van der Waals surface area contributed by atoms with Crippen LogP contribution in [0.15, 0.2) is 0 Å². The van der Waals surface area contributed by atoms with Crippen molar-refractivity contribution in [3.63, 3.8) is 0 Å². The Kier molecular flexibility index (Phi) is 8.26. The molecule has 23 heavy (non-hydrogen) atoms. The molecule has 0 aliphatic rings. The summed E-state index contributed by atoms with van der Waals surface area (Å²) < 4.78 is 6.42. The van der Waals surface area contributed by atoms with Crippen molar-refractivity contribution in [2.24, 2.45) is 0 Å². The first-order valence-corrected chi connectivity index (χ1v) is 9.55. The summed E-state index contributed by atoms with van der Waals surface area (Å²) >= 11 is 5.85. The van der Waals surface area contributed by atoms with Gasteiger partial charge in [-0.15, -0.1) is 0 Å². The summed E-state index contributed by atoms with van der Waals surface area (Å²) in [6, 6.07) is 0. The number of benzene rings is 1. The van der Waals surface area contributed by atoms with Crippen molar-refractivity contribution in [2.45, 2.75) is 20.4 Å². The largest absolute Gasteiger partial charge is 0.478 e. The van der Waals surface area contributed by atoms with E-state index in [9.17, 15) is 19.5 Å². The quantitative estimate of drug-likeness (QED) is 0.422. The third-order valence-corrected chi connectivity index (χ3v) is 6.07. The summed E-state index contributed by atoms with van der Waals surface area (Å²) in [7, 11) is 0. The van der Waals surface area contributed by atoms with E-state index in [1.54, 1.807) is 6.92 Å². The lowest BCUT2D eigenvalue weighted by Gasteiger charge is -2.18. The maximum absolute atomic E-state index is 11.5. The van der Waals surface area contributed by atoms with Crippen molar-refractivity contribution in [2.75, 3.05) is 11.9 Å². The number of carboxylic acid groups (broad SMARTS) is 1. The van der Waals surface area contributed by atoms with Gasteiger partial charge in [0.2, 0.25) is 5.91 Å². The Morgan fingerprint density at radius 2 is 1.74 bits per heavy atom. The van der Waals surface area contributed by atoms with Crippen LogP contribution in [0.25, 0.3) is 0 Å². The SMILES string of the molecule is CCOC(=O)NCc1c(I)c(NC(C)=O)c(I)c(C(=O)O)c1I. The highest BCUT2D eigenvalue weighted by atomic mass is 127. The highest BCUT2D eigenvalue weighted by Gasteiger charge is 2.24. The molecule has 0 fully saturated rings. The highest BCUT2D eigenvalue weighted by Crippen LogP contribution is 2.35. The number of hydrogen-bond acceptors (Lipinski definition) is 4. The fourth-order valence-corrected chi connectivity index (χ4v) is 5.97. The molecule has 3 N–H and O–H groups in total. The van der Waals surface area contributed by atoms with E-state index in [1.165, 1.54) is 6.92 Å². The smallest absolute Gasteiger partial charge is 0.407 e. The molecule has 1 aromatic rings. The van der Waals surface area contributed by atoms with E-state index in [-0.39, 0.29) is 24.6 Å².